The Hall–Kier alpha value is -0.790. The summed E-state index contributed by atoms with van der Waals surface area (Å²) in [5.41, 5.74) is 1.30. The Balaban J connectivity index is 2.45. The quantitative estimate of drug-likeness (QED) is 0.715. The van der Waals surface area contributed by atoms with E-state index in [4.69, 9.17) is 0 Å². The predicted molar refractivity (Wildman–Crippen MR) is 51.1 cm³/mol. The molecule has 0 aliphatic carbocycles. The number of nitrogens with one attached hydrogen (secondary N) is 1. The Bertz CT molecular complexity index is 192. The minimum absolute atomic E-state index is 0.687. The third kappa shape index (κ3) is 2.36. The maximum atomic E-state index is 4.04. The number of nitrogens with zero attached hydrogens (tertiary/aromatic N) is 1. The van der Waals surface area contributed by atoms with Gasteiger partial charge in [0.05, 0.1) is 6.33 Å². The van der Waals surface area contributed by atoms with Crippen molar-refractivity contribution in [3.05, 3.63) is 18.2 Å². The first-order valence-corrected chi connectivity index (χ1v) is 4.86. The minimum atomic E-state index is 0.687. The topological polar surface area (TPSA) is 28.7 Å². The molecule has 2 heteroatoms. The van der Waals surface area contributed by atoms with Crippen LogP contribution in [-0.4, -0.2) is 9.97 Å². The van der Waals surface area contributed by atoms with E-state index >= 15 is 0 Å². The third-order valence-corrected chi connectivity index (χ3v) is 2.36. The third-order valence-electron chi connectivity index (χ3n) is 2.36. The monoisotopic (exact) mass is 166 g/mol. The van der Waals surface area contributed by atoms with Gasteiger partial charge in [-0.2, -0.15) is 0 Å². The van der Waals surface area contributed by atoms with Crippen molar-refractivity contribution in [1.29, 1.82) is 0 Å². The van der Waals surface area contributed by atoms with Crippen molar-refractivity contribution in [2.75, 3.05) is 0 Å². The van der Waals surface area contributed by atoms with Crippen molar-refractivity contribution in [3.63, 3.8) is 0 Å². The summed E-state index contributed by atoms with van der Waals surface area (Å²) in [6.45, 7) is 4.47. The van der Waals surface area contributed by atoms with E-state index in [1.807, 2.05) is 6.20 Å². The average molecular weight is 166 g/mol. The Kier molecular flexibility index (Phi) is 3.85. The van der Waals surface area contributed by atoms with Crippen molar-refractivity contribution in [3.8, 4) is 0 Å². The summed E-state index contributed by atoms with van der Waals surface area (Å²) in [6.07, 6.45) is 8.81. The van der Waals surface area contributed by atoms with Crippen LogP contribution in [0.25, 0.3) is 0 Å². The second-order valence-electron chi connectivity index (χ2n) is 3.25. The second kappa shape index (κ2) is 4.96. The van der Waals surface area contributed by atoms with Gasteiger partial charge in [-0.05, 0) is 12.8 Å². The standard InChI is InChI=1S/C10H18N2/c1-3-5-6-9(4-2)10-7-11-8-12-10/h7-9H,3-6H2,1-2H3,(H,11,12). The van der Waals surface area contributed by atoms with Gasteiger partial charge in [-0.25, -0.2) is 4.98 Å². The van der Waals surface area contributed by atoms with Crippen LogP contribution in [0, 0.1) is 0 Å². The van der Waals surface area contributed by atoms with E-state index in [0.29, 0.717) is 5.92 Å². The molecule has 0 radical (unpaired) electrons. The molecule has 0 amide bonds. The average Bonchev–Trinajstić information content (AvgIpc) is 2.59. The van der Waals surface area contributed by atoms with Gasteiger partial charge in [-0.15, -0.1) is 0 Å². The summed E-state index contributed by atoms with van der Waals surface area (Å²) in [5, 5.41) is 0. The lowest BCUT2D eigenvalue weighted by atomic mass is 9.97. The lowest BCUT2D eigenvalue weighted by Crippen LogP contribution is -1.97. The van der Waals surface area contributed by atoms with Crippen LogP contribution in [0.4, 0.5) is 0 Å². The number of unbranched alkanes of at least 4 members (excludes halogenated alkanes) is 1. The first-order valence-electron chi connectivity index (χ1n) is 4.86. The summed E-state index contributed by atoms with van der Waals surface area (Å²) in [4.78, 5) is 7.23. The molecule has 1 rings (SSSR count). The van der Waals surface area contributed by atoms with Gasteiger partial charge in [0.15, 0.2) is 0 Å². The van der Waals surface area contributed by atoms with Gasteiger partial charge < -0.3 is 4.98 Å². The number of rotatable bonds is 5. The molecule has 0 fully saturated rings. The fourth-order valence-corrected chi connectivity index (χ4v) is 1.52. The SMILES string of the molecule is CCCCC(CC)c1cnc[nH]1. The largest absolute Gasteiger partial charge is 0.348 e. The molecular weight excluding hydrogens is 148 g/mol. The van der Waals surface area contributed by atoms with Crippen molar-refractivity contribution in [1.82, 2.24) is 9.97 Å². The van der Waals surface area contributed by atoms with Crippen LogP contribution in [0.2, 0.25) is 0 Å². The van der Waals surface area contributed by atoms with Crippen LogP contribution in [0.1, 0.15) is 51.1 Å². The number of imidazole rings is 1. The molecule has 0 saturated heterocycles. The molecule has 12 heavy (non-hydrogen) atoms. The molecular formula is C10H18N2. The highest BCUT2D eigenvalue weighted by atomic mass is 14.9. The van der Waals surface area contributed by atoms with Crippen LogP contribution in [0.3, 0.4) is 0 Å². The van der Waals surface area contributed by atoms with Crippen molar-refractivity contribution in [2.24, 2.45) is 0 Å². The molecule has 2 nitrogen and oxygen atoms in total. The first kappa shape index (κ1) is 9.30. The Morgan fingerprint density at radius 2 is 2.33 bits per heavy atom. The lowest BCUT2D eigenvalue weighted by molar-refractivity contribution is 0.559. The molecule has 68 valence electrons. The van der Waals surface area contributed by atoms with E-state index in [0.717, 1.165) is 0 Å². The number of hydrogen-bond acceptors (Lipinski definition) is 1. The van der Waals surface area contributed by atoms with Crippen molar-refractivity contribution in [2.45, 2.75) is 45.4 Å². The van der Waals surface area contributed by atoms with E-state index in [1.54, 1.807) is 6.33 Å². The fraction of sp³-hybridized carbons (Fsp3) is 0.700. The predicted octanol–water partition coefficient (Wildman–Crippen LogP) is 3.09. The fourth-order valence-electron chi connectivity index (χ4n) is 1.52. The highest BCUT2D eigenvalue weighted by molar-refractivity contribution is 5.02. The zero-order valence-electron chi connectivity index (χ0n) is 8.01. The molecule has 0 aliphatic heterocycles. The molecule has 0 bridgehead atoms. The van der Waals surface area contributed by atoms with E-state index in [9.17, 15) is 0 Å². The van der Waals surface area contributed by atoms with E-state index < -0.39 is 0 Å². The first-order chi connectivity index (χ1) is 5.88. The lowest BCUT2D eigenvalue weighted by Gasteiger charge is -2.11. The number of H-pyrrole nitrogens is 1. The van der Waals surface area contributed by atoms with Crippen LogP contribution in [0.15, 0.2) is 12.5 Å². The normalized spacial score (nSPS) is 13.2. The highest BCUT2D eigenvalue weighted by Crippen LogP contribution is 2.22. The molecule has 0 saturated carbocycles. The zero-order chi connectivity index (χ0) is 8.81. The maximum Gasteiger partial charge on any atom is 0.0921 e. The van der Waals surface area contributed by atoms with Gasteiger partial charge in [0.2, 0.25) is 0 Å². The second-order valence-corrected chi connectivity index (χ2v) is 3.25. The van der Waals surface area contributed by atoms with Crippen LogP contribution < -0.4 is 0 Å². The summed E-state index contributed by atoms with van der Waals surface area (Å²) in [6, 6.07) is 0. The molecule has 0 aliphatic rings. The van der Waals surface area contributed by atoms with Gasteiger partial charge in [-0.1, -0.05) is 26.7 Å². The zero-order valence-corrected chi connectivity index (χ0v) is 8.01. The smallest absolute Gasteiger partial charge is 0.0921 e. The maximum absolute atomic E-state index is 4.04. The summed E-state index contributed by atoms with van der Waals surface area (Å²) >= 11 is 0. The molecule has 1 N–H and O–H groups in total. The van der Waals surface area contributed by atoms with E-state index in [1.165, 1.54) is 31.4 Å². The van der Waals surface area contributed by atoms with Gasteiger partial charge in [0.25, 0.3) is 0 Å². The molecule has 0 spiro atoms. The van der Waals surface area contributed by atoms with Crippen LogP contribution in [-0.2, 0) is 0 Å². The van der Waals surface area contributed by atoms with Crippen LogP contribution >= 0.6 is 0 Å². The number of hydrogen-bond donors (Lipinski definition) is 1. The summed E-state index contributed by atoms with van der Waals surface area (Å²) in [7, 11) is 0. The number of aromatic nitrogens is 2. The van der Waals surface area contributed by atoms with Crippen LogP contribution in [0.5, 0.6) is 0 Å². The Labute approximate surface area is 74.4 Å². The van der Waals surface area contributed by atoms with E-state index in [2.05, 4.69) is 23.8 Å². The molecule has 1 atom stereocenters. The number of aromatic amines is 1. The van der Waals surface area contributed by atoms with Gasteiger partial charge in [-0.3, -0.25) is 0 Å². The van der Waals surface area contributed by atoms with Gasteiger partial charge in [0, 0.05) is 17.8 Å². The molecule has 0 aromatic carbocycles. The van der Waals surface area contributed by atoms with E-state index in [-0.39, 0.29) is 0 Å². The minimum Gasteiger partial charge on any atom is -0.348 e. The van der Waals surface area contributed by atoms with Gasteiger partial charge >= 0.3 is 0 Å². The molecule has 1 aromatic rings. The summed E-state index contributed by atoms with van der Waals surface area (Å²) < 4.78 is 0. The molecule has 1 unspecified atom stereocenters. The molecule has 1 heterocycles. The Morgan fingerprint density at radius 1 is 1.50 bits per heavy atom. The van der Waals surface area contributed by atoms with Gasteiger partial charge in [0.1, 0.15) is 0 Å². The van der Waals surface area contributed by atoms with Crippen molar-refractivity contribution >= 4 is 0 Å². The highest BCUT2D eigenvalue weighted by Gasteiger charge is 2.08. The Morgan fingerprint density at radius 3 is 2.83 bits per heavy atom. The van der Waals surface area contributed by atoms with Crippen molar-refractivity contribution < 1.29 is 0 Å². The molecule has 1 aromatic heterocycles. The summed E-state index contributed by atoms with van der Waals surface area (Å²) in [5.74, 6) is 0.687.